The van der Waals surface area contributed by atoms with Gasteiger partial charge in [0.2, 0.25) is 0 Å². The zero-order valence-electron chi connectivity index (χ0n) is 16.4. The number of anilines is 1. The summed E-state index contributed by atoms with van der Waals surface area (Å²) >= 11 is 0. The van der Waals surface area contributed by atoms with E-state index >= 15 is 0 Å². The lowest BCUT2D eigenvalue weighted by Gasteiger charge is -2.26. The molecule has 11 nitrogen and oxygen atoms in total. The number of nitrogens with zero attached hydrogens (tertiary/aromatic N) is 2. The Hall–Kier alpha value is -4.41. The minimum atomic E-state index is -0.980. The van der Waals surface area contributed by atoms with Gasteiger partial charge in [0.25, 0.3) is 17.5 Å². The number of carbonyl (C=O) groups excluding carboxylic acids is 3. The van der Waals surface area contributed by atoms with Gasteiger partial charge in [-0.05, 0) is 48.9 Å². The molecule has 0 bridgehead atoms. The second kappa shape index (κ2) is 8.53. The summed E-state index contributed by atoms with van der Waals surface area (Å²) in [5, 5.41) is 25.4. The van der Waals surface area contributed by atoms with Crippen LogP contribution in [0.1, 0.15) is 12.5 Å². The van der Waals surface area contributed by atoms with Gasteiger partial charge < -0.3 is 14.6 Å². The van der Waals surface area contributed by atoms with E-state index in [2.05, 4.69) is 0 Å². The van der Waals surface area contributed by atoms with Gasteiger partial charge in [0.05, 0.1) is 24.3 Å². The van der Waals surface area contributed by atoms with Crippen LogP contribution in [0.4, 0.5) is 16.2 Å². The van der Waals surface area contributed by atoms with Crippen molar-refractivity contribution >= 4 is 35.3 Å². The molecule has 160 valence electrons. The van der Waals surface area contributed by atoms with Crippen LogP contribution < -0.4 is 24.8 Å². The van der Waals surface area contributed by atoms with E-state index in [1.54, 1.807) is 6.92 Å². The van der Waals surface area contributed by atoms with Crippen LogP contribution in [0.2, 0.25) is 0 Å². The largest absolute Gasteiger partial charge is 0.865 e. The summed E-state index contributed by atoms with van der Waals surface area (Å²) in [6.07, 6.45) is 1.05. The predicted molar refractivity (Wildman–Crippen MR) is 106 cm³/mol. The third-order valence-electron chi connectivity index (χ3n) is 4.30. The summed E-state index contributed by atoms with van der Waals surface area (Å²) in [6, 6.07) is 7.11. The van der Waals surface area contributed by atoms with Crippen molar-refractivity contribution in [2.24, 2.45) is 0 Å². The molecule has 1 aliphatic rings. The number of imide groups is 2. The maximum Gasteiger partial charge on any atom is 0.335 e. The summed E-state index contributed by atoms with van der Waals surface area (Å²) in [5.74, 6) is -2.65. The lowest BCUT2D eigenvalue weighted by molar-refractivity contribution is -0.398. The van der Waals surface area contributed by atoms with E-state index in [1.165, 1.54) is 37.4 Å². The van der Waals surface area contributed by atoms with E-state index in [9.17, 15) is 29.6 Å². The van der Waals surface area contributed by atoms with Crippen LogP contribution in [0.5, 0.6) is 17.2 Å². The van der Waals surface area contributed by atoms with E-state index in [-0.39, 0.29) is 23.6 Å². The van der Waals surface area contributed by atoms with Crippen LogP contribution >= 0.6 is 0 Å². The fourth-order valence-electron chi connectivity index (χ4n) is 2.88. The SMILES string of the molecule is CCOc1cc(/C=C2/C(=O)NC(=O)N(c3ccc(OC)cc3)C2=O)cc([N+](=O)[O-])c1[O-]. The second-order valence-corrected chi connectivity index (χ2v) is 6.21. The maximum atomic E-state index is 12.9. The zero-order valence-corrected chi connectivity index (χ0v) is 16.4. The van der Waals surface area contributed by atoms with Gasteiger partial charge in [-0.15, -0.1) is 0 Å². The standard InChI is InChI=1S/C20H17N3O8/c1-3-31-16-10-11(9-15(17(16)24)23(28)29)8-14-18(25)21-20(27)22(19(14)26)12-4-6-13(30-2)7-5-12/h4-10,24H,3H2,1-2H3,(H,21,25,27)/p-1/b14-8-. The number of hydrogen-bond acceptors (Lipinski definition) is 8. The van der Waals surface area contributed by atoms with E-state index in [1.807, 2.05) is 5.32 Å². The van der Waals surface area contributed by atoms with Crippen molar-refractivity contribution in [2.45, 2.75) is 6.92 Å². The summed E-state index contributed by atoms with van der Waals surface area (Å²) in [4.78, 5) is 48.5. The minimum absolute atomic E-state index is 0.0114. The first-order valence-electron chi connectivity index (χ1n) is 8.94. The molecule has 31 heavy (non-hydrogen) atoms. The van der Waals surface area contributed by atoms with Crippen molar-refractivity contribution in [3.63, 3.8) is 0 Å². The topological polar surface area (TPSA) is 151 Å². The van der Waals surface area contributed by atoms with Gasteiger partial charge >= 0.3 is 6.03 Å². The molecule has 1 fully saturated rings. The van der Waals surface area contributed by atoms with E-state index in [4.69, 9.17) is 9.47 Å². The number of amides is 4. The van der Waals surface area contributed by atoms with Crippen LogP contribution in [-0.2, 0) is 9.59 Å². The first-order chi connectivity index (χ1) is 14.8. The van der Waals surface area contributed by atoms with Gasteiger partial charge in [-0.1, -0.05) is 0 Å². The van der Waals surface area contributed by atoms with Gasteiger partial charge in [0.15, 0.2) is 0 Å². The molecule has 1 N–H and O–H groups in total. The smallest absolute Gasteiger partial charge is 0.335 e. The highest BCUT2D eigenvalue weighted by molar-refractivity contribution is 6.39. The molecule has 3 rings (SSSR count). The molecule has 1 heterocycles. The first kappa shape index (κ1) is 21.3. The van der Waals surface area contributed by atoms with Gasteiger partial charge in [-0.25, -0.2) is 9.69 Å². The van der Waals surface area contributed by atoms with Gasteiger partial charge in [0.1, 0.15) is 17.1 Å². The summed E-state index contributed by atoms with van der Waals surface area (Å²) in [6.45, 7) is 1.67. The van der Waals surface area contributed by atoms with Gasteiger partial charge in [0, 0.05) is 11.8 Å². The van der Waals surface area contributed by atoms with Crippen molar-refractivity contribution in [1.82, 2.24) is 5.32 Å². The van der Waals surface area contributed by atoms with Crippen LogP contribution in [0.25, 0.3) is 6.08 Å². The number of hydrogen-bond donors (Lipinski definition) is 1. The molecule has 1 aliphatic heterocycles. The Kier molecular flexibility index (Phi) is 5.86. The molecule has 0 spiro atoms. The molecule has 0 aromatic heterocycles. The molecule has 0 unspecified atom stereocenters. The molecular weight excluding hydrogens is 410 g/mol. The number of nitro benzene ring substituents is 1. The Morgan fingerprint density at radius 2 is 1.84 bits per heavy atom. The quantitative estimate of drug-likeness (QED) is 0.317. The van der Waals surface area contributed by atoms with Crippen LogP contribution in [0.15, 0.2) is 42.0 Å². The van der Waals surface area contributed by atoms with E-state index in [0.717, 1.165) is 17.0 Å². The average molecular weight is 426 g/mol. The van der Waals surface area contributed by atoms with Crippen molar-refractivity contribution in [3.8, 4) is 17.2 Å². The zero-order chi connectivity index (χ0) is 22.7. The molecule has 0 aliphatic carbocycles. The van der Waals surface area contributed by atoms with E-state index < -0.39 is 39.8 Å². The molecule has 0 atom stereocenters. The highest BCUT2D eigenvalue weighted by atomic mass is 16.6. The van der Waals surface area contributed by atoms with Crippen molar-refractivity contribution < 1.29 is 33.9 Å². The van der Waals surface area contributed by atoms with Gasteiger partial charge in [-0.2, -0.15) is 0 Å². The second-order valence-electron chi connectivity index (χ2n) is 6.21. The Bertz CT molecular complexity index is 1110. The normalized spacial score (nSPS) is 15.1. The van der Waals surface area contributed by atoms with Crippen molar-refractivity contribution in [1.29, 1.82) is 0 Å². The molecule has 0 radical (unpaired) electrons. The molecule has 0 saturated carbocycles. The number of rotatable bonds is 6. The number of nitro groups is 1. The van der Waals surface area contributed by atoms with Crippen LogP contribution in [0, 0.1) is 10.1 Å². The Morgan fingerprint density at radius 3 is 2.42 bits per heavy atom. The predicted octanol–water partition coefficient (Wildman–Crippen LogP) is 1.74. The summed E-state index contributed by atoms with van der Waals surface area (Å²) < 4.78 is 10.2. The van der Waals surface area contributed by atoms with E-state index in [0.29, 0.717) is 5.75 Å². The summed E-state index contributed by atoms with van der Waals surface area (Å²) in [7, 11) is 1.45. The Balaban J connectivity index is 2.06. The number of ether oxygens (including phenoxy) is 2. The Labute approximate surface area is 175 Å². The number of barbiturate groups is 1. The Morgan fingerprint density at radius 1 is 1.16 bits per heavy atom. The van der Waals surface area contributed by atoms with Crippen LogP contribution in [-0.4, -0.2) is 36.5 Å². The number of methoxy groups -OCH3 is 1. The summed E-state index contributed by atoms with van der Waals surface area (Å²) in [5.41, 5.74) is -1.04. The molecule has 11 heteroatoms. The third kappa shape index (κ3) is 4.15. The lowest BCUT2D eigenvalue weighted by atomic mass is 10.1. The molecule has 2 aromatic rings. The number of carbonyl (C=O) groups is 3. The number of nitrogens with one attached hydrogen (secondary N) is 1. The monoisotopic (exact) mass is 426 g/mol. The highest BCUT2D eigenvalue weighted by Gasteiger charge is 2.37. The molecular formula is C20H16N3O8-. The third-order valence-corrected chi connectivity index (χ3v) is 4.30. The minimum Gasteiger partial charge on any atom is -0.865 e. The van der Waals surface area contributed by atoms with Crippen molar-refractivity contribution in [2.75, 3.05) is 18.6 Å². The fourth-order valence-corrected chi connectivity index (χ4v) is 2.88. The van der Waals surface area contributed by atoms with Crippen molar-refractivity contribution in [3.05, 3.63) is 57.6 Å². The van der Waals surface area contributed by atoms with Gasteiger partial charge in [-0.3, -0.25) is 25.0 Å². The number of urea groups is 1. The lowest BCUT2D eigenvalue weighted by Crippen LogP contribution is -2.54. The highest BCUT2D eigenvalue weighted by Crippen LogP contribution is 2.36. The average Bonchev–Trinajstić information content (AvgIpc) is 2.73. The first-order valence-corrected chi connectivity index (χ1v) is 8.94. The maximum absolute atomic E-state index is 12.9. The number of benzene rings is 2. The molecule has 4 amide bonds. The molecule has 2 aromatic carbocycles. The van der Waals surface area contributed by atoms with Crippen LogP contribution in [0.3, 0.4) is 0 Å². The molecule has 1 saturated heterocycles. The fraction of sp³-hybridized carbons (Fsp3) is 0.150.